The first kappa shape index (κ1) is 15.6. The number of rotatable bonds is 2. The topological polar surface area (TPSA) is 46.2 Å². The third kappa shape index (κ3) is 2.50. The largest absolute Gasteiger partial charge is 0.516 e. The molecule has 0 amide bonds. The smallest absolute Gasteiger partial charge is 0.275 e. The number of fused-ring (bicyclic) bond motifs is 2. The summed E-state index contributed by atoms with van der Waals surface area (Å²) in [7, 11) is -5.50. The summed E-state index contributed by atoms with van der Waals surface area (Å²) in [6, 6.07) is 13.5. The minimum absolute atomic E-state index is 0.0564. The molecule has 1 N–H and O–H groups in total. The number of hydrogen-bond acceptors (Lipinski definition) is 2. The van der Waals surface area contributed by atoms with Crippen LogP contribution >= 0.6 is 0 Å². The molecule has 0 bridgehead atoms. The molecule has 0 atom stereocenters. The van der Waals surface area contributed by atoms with E-state index in [1.807, 2.05) is 6.92 Å². The molecule has 0 spiro atoms. The number of alkyl halides is 3. The minimum Gasteiger partial charge on any atom is -0.275 e. The van der Waals surface area contributed by atoms with Crippen molar-refractivity contribution in [1.82, 2.24) is 0 Å². The molecule has 23 heavy (non-hydrogen) atoms. The van der Waals surface area contributed by atoms with Gasteiger partial charge in [0.2, 0.25) is 0 Å². The van der Waals surface area contributed by atoms with E-state index >= 15 is 0 Å². The number of nitrogens with one attached hydrogen (secondary N) is 1. The van der Waals surface area contributed by atoms with Crippen LogP contribution in [-0.4, -0.2) is 13.9 Å². The van der Waals surface area contributed by atoms with Gasteiger partial charge in [0, 0.05) is 10.8 Å². The van der Waals surface area contributed by atoms with E-state index in [9.17, 15) is 21.6 Å². The van der Waals surface area contributed by atoms with E-state index in [4.69, 9.17) is 0 Å². The predicted molar refractivity (Wildman–Crippen MR) is 84.8 cm³/mol. The average Bonchev–Trinajstić information content (AvgIpc) is 2.50. The summed E-state index contributed by atoms with van der Waals surface area (Å²) in [6.07, 6.45) is 0. The minimum atomic E-state index is -5.50. The molecule has 0 heterocycles. The highest BCUT2D eigenvalue weighted by Gasteiger charge is 2.46. The quantitative estimate of drug-likeness (QED) is 0.696. The number of halogens is 3. The molecular weight excluding hydrogens is 327 g/mol. The summed E-state index contributed by atoms with van der Waals surface area (Å²) in [4.78, 5) is 0. The van der Waals surface area contributed by atoms with E-state index in [0.717, 1.165) is 5.56 Å². The zero-order valence-electron chi connectivity index (χ0n) is 12.0. The van der Waals surface area contributed by atoms with Gasteiger partial charge in [0.1, 0.15) is 0 Å². The third-order valence-corrected chi connectivity index (χ3v) is 4.82. The van der Waals surface area contributed by atoms with Crippen molar-refractivity contribution in [1.29, 1.82) is 0 Å². The predicted octanol–water partition coefficient (Wildman–Crippen LogP) is 4.56. The van der Waals surface area contributed by atoms with Gasteiger partial charge in [-0.05, 0) is 23.3 Å². The lowest BCUT2D eigenvalue weighted by atomic mass is 9.96. The molecule has 0 saturated carbocycles. The Kier molecular flexibility index (Phi) is 3.48. The van der Waals surface area contributed by atoms with Crippen molar-refractivity contribution >= 4 is 37.3 Å². The fourth-order valence-corrected chi connectivity index (χ4v) is 3.25. The second kappa shape index (κ2) is 5.13. The molecule has 0 unspecified atom stereocenters. The van der Waals surface area contributed by atoms with Crippen molar-refractivity contribution in [2.75, 3.05) is 4.72 Å². The zero-order chi connectivity index (χ0) is 16.8. The first-order chi connectivity index (χ1) is 10.7. The number of hydrogen-bond donors (Lipinski definition) is 1. The van der Waals surface area contributed by atoms with Gasteiger partial charge >= 0.3 is 15.5 Å². The number of benzene rings is 3. The fourth-order valence-electron chi connectivity index (χ4n) is 2.65. The molecule has 0 aromatic heterocycles. The van der Waals surface area contributed by atoms with Crippen LogP contribution in [0.1, 0.15) is 5.56 Å². The first-order valence-corrected chi connectivity index (χ1v) is 8.20. The van der Waals surface area contributed by atoms with Gasteiger partial charge in [0.25, 0.3) is 0 Å². The standard InChI is InChI=1S/C16H12F3NO2S/c1-10-11-6-2-4-8-13(11)15(14-9-5-3-7-12(10)14)20-23(21,22)16(17,18)19/h2-9,20H,1H3. The summed E-state index contributed by atoms with van der Waals surface area (Å²) < 4.78 is 63.1. The molecule has 0 aliphatic rings. The lowest BCUT2D eigenvalue weighted by Crippen LogP contribution is -2.30. The molecule has 0 aliphatic carbocycles. The van der Waals surface area contributed by atoms with Crippen molar-refractivity contribution in [2.24, 2.45) is 0 Å². The number of aryl methyl sites for hydroxylation is 1. The van der Waals surface area contributed by atoms with E-state index in [-0.39, 0.29) is 5.69 Å². The molecule has 0 radical (unpaired) electrons. The summed E-state index contributed by atoms with van der Waals surface area (Å²) in [5.74, 6) is 0. The summed E-state index contributed by atoms with van der Waals surface area (Å²) in [5.41, 5.74) is -4.55. The van der Waals surface area contributed by atoms with E-state index in [1.165, 1.54) is 0 Å². The van der Waals surface area contributed by atoms with Crippen molar-refractivity contribution in [3.05, 3.63) is 54.1 Å². The van der Waals surface area contributed by atoms with E-state index in [0.29, 0.717) is 21.5 Å². The maximum atomic E-state index is 12.7. The van der Waals surface area contributed by atoms with Gasteiger partial charge in [-0.2, -0.15) is 21.6 Å². The van der Waals surface area contributed by atoms with Crippen LogP contribution in [-0.2, 0) is 10.0 Å². The van der Waals surface area contributed by atoms with Gasteiger partial charge in [0.05, 0.1) is 5.69 Å². The van der Waals surface area contributed by atoms with Crippen LogP contribution in [0.5, 0.6) is 0 Å². The maximum Gasteiger partial charge on any atom is 0.516 e. The molecule has 3 aromatic rings. The molecule has 3 rings (SSSR count). The van der Waals surface area contributed by atoms with Crippen molar-refractivity contribution < 1.29 is 21.6 Å². The number of anilines is 1. The van der Waals surface area contributed by atoms with Gasteiger partial charge < -0.3 is 0 Å². The lowest BCUT2D eigenvalue weighted by Gasteiger charge is -2.17. The van der Waals surface area contributed by atoms with E-state index in [1.54, 1.807) is 53.3 Å². The Hall–Kier alpha value is -2.28. The van der Waals surface area contributed by atoms with Gasteiger partial charge in [0.15, 0.2) is 0 Å². The van der Waals surface area contributed by atoms with Crippen LogP contribution in [0.15, 0.2) is 48.5 Å². The van der Waals surface area contributed by atoms with Crippen LogP contribution in [0.4, 0.5) is 18.9 Å². The van der Waals surface area contributed by atoms with Crippen LogP contribution in [0.3, 0.4) is 0 Å². The van der Waals surface area contributed by atoms with Crippen LogP contribution in [0, 0.1) is 6.92 Å². The highest BCUT2D eigenvalue weighted by atomic mass is 32.2. The number of sulfonamides is 1. The molecule has 0 fully saturated rings. The third-order valence-electron chi connectivity index (χ3n) is 3.74. The molecule has 0 saturated heterocycles. The first-order valence-electron chi connectivity index (χ1n) is 6.71. The average molecular weight is 339 g/mol. The Morgan fingerprint density at radius 3 is 1.61 bits per heavy atom. The van der Waals surface area contributed by atoms with Crippen molar-refractivity contribution in [3.8, 4) is 0 Å². The fraction of sp³-hybridized carbons (Fsp3) is 0.125. The molecule has 7 heteroatoms. The normalized spacial score (nSPS) is 12.7. The summed E-state index contributed by atoms with van der Waals surface area (Å²) in [6.45, 7) is 1.85. The Bertz CT molecular complexity index is 954. The molecular formula is C16H12F3NO2S. The van der Waals surface area contributed by atoms with Gasteiger partial charge in [-0.15, -0.1) is 0 Å². The monoisotopic (exact) mass is 339 g/mol. The van der Waals surface area contributed by atoms with Gasteiger partial charge in [-0.25, -0.2) is 0 Å². The Morgan fingerprint density at radius 1 is 0.826 bits per heavy atom. The highest BCUT2D eigenvalue weighted by Crippen LogP contribution is 2.38. The lowest BCUT2D eigenvalue weighted by molar-refractivity contribution is -0.0429. The Labute approximate surface area is 130 Å². The SMILES string of the molecule is Cc1c2ccccc2c(NS(=O)(=O)C(F)(F)F)c2ccccc12. The van der Waals surface area contributed by atoms with Gasteiger partial charge in [-0.1, -0.05) is 48.5 Å². The zero-order valence-corrected chi connectivity index (χ0v) is 12.8. The van der Waals surface area contributed by atoms with Gasteiger partial charge in [-0.3, -0.25) is 4.72 Å². The van der Waals surface area contributed by atoms with Crippen molar-refractivity contribution in [2.45, 2.75) is 12.4 Å². The second-order valence-electron chi connectivity index (χ2n) is 5.14. The molecule has 3 aromatic carbocycles. The Balaban J connectivity index is 2.40. The molecule has 0 aliphatic heterocycles. The maximum absolute atomic E-state index is 12.7. The summed E-state index contributed by atoms with van der Waals surface area (Å²) in [5, 5.41) is 2.25. The molecule has 120 valence electrons. The molecule has 3 nitrogen and oxygen atoms in total. The van der Waals surface area contributed by atoms with Crippen LogP contribution < -0.4 is 4.72 Å². The van der Waals surface area contributed by atoms with Crippen LogP contribution in [0.2, 0.25) is 0 Å². The van der Waals surface area contributed by atoms with Crippen LogP contribution in [0.25, 0.3) is 21.5 Å². The van der Waals surface area contributed by atoms with Crippen molar-refractivity contribution in [3.63, 3.8) is 0 Å². The Morgan fingerprint density at radius 2 is 1.22 bits per heavy atom. The van der Waals surface area contributed by atoms with E-state index < -0.39 is 15.5 Å². The highest BCUT2D eigenvalue weighted by molar-refractivity contribution is 7.93. The second-order valence-corrected chi connectivity index (χ2v) is 6.82. The summed E-state index contributed by atoms with van der Waals surface area (Å²) >= 11 is 0. The van der Waals surface area contributed by atoms with E-state index in [2.05, 4.69) is 0 Å².